The first-order chi connectivity index (χ1) is 6.56. The van der Waals surface area contributed by atoms with E-state index in [-0.39, 0.29) is 18.0 Å². The van der Waals surface area contributed by atoms with Crippen LogP contribution in [0.5, 0.6) is 11.5 Å². The van der Waals surface area contributed by atoms with Crippen molar-refractivity contribution >= 4 is 21.7 Å². The molecule has 0 saturated carbocycles. The molecule has 14 heavy (non-hydrogen) atoms. The SMILES string of the molecule is COc1c(Br)ccc(CC(C)=O)c1O. The van der Waals surface area contributed by atoms with Gasteiger partial charge in [-0.05, 0) is 28.9 Å². The summed E-state index contributed by atoms with van der Waals surface area (Å²) in [7, 11) is 1.47. The quantitative estimate of drug-likeness (QED) is 0.905. The molecular weight excluding hydrogens is 248 g/mol. The van der Waals surface area contributed by atoms with Gasteiger partial charge in [0.2, 0.25) is 0 Å². The molecule has 1 rings (SSSR count). The number of carbonyl (C=O) groups is 1. The second-order valence-electron chi connectivity index (χ2n) is 2.97. The number of carbonyl (C=O) groups excluding carboxylic acids is 1. The van der Waals surface area contributed by atoms with Gasteiger partial charge in [0, 0.05) is 12.0 Å². The van der Waals surface area contributed by atoms with Gasteiger partial charge in [0.1, 0.15) is 5.78 Å². The molecule has 0 heterocycles. The van der Waals surface area contributed by atoms with Crippen molar-refractivity contribution in [1.29, 1.82) is 0 Å². The van der Waals surface area contributed by atoms with Crippen LogP contribution in [0.1, 0.15) is 12.5 Å². The van der Waals surface area contributed by atoms with Gasteiger partial charge in [-0.3, -0.25) is 4.79 Å². The number of rotatable bonds is 3. The largest absolute Gasteiger partial charge is 0.504 e. The topological polar surface area (TPSA) is 46.5 Å². The zero-order chi connectivity index (χ0) is 10.7. The van der Waals surface area contributed by atoms with Crippen LogP contribution < -0.4 is 4.74 Å². The van der Waals surface area contributed by atoms with Crippen LogP contribution in [0.3, 0.4) is 0 Å². The predicted octanol–water partition coefficient (Wildman–Crippen LogP) is 2.29. The molecule has 0 aliphatic heterocycles. The molecule has 0 amide bonds. The fourth-order valence-electron chi connectivity index (χ4n) is 1.19. The fraction of sp³-hybridized carbons (Fsp3) is 0.300. The Hall–Kier alpha value is -1.03. The van der Waals surface area contributed by atoms with Crippen molar-refractivity contribution in [2.75, 3.05) is 7.11 Å². The lowest BCUT2D eigenvalue weighted by Gasteiger charge is -2.09. The molecular formula is C10H11BrO3. The first-order valence-electron chi connectivity index (χ1n) is 4.10. The molecule has 1 aromatic rings. The van der Waals surface area contributed by atoms with E-state index in [9.17, 15) is 9.90 Å². The monoisotopic (exact) mass is 258 g/mol. The van der Waals surface area contributed by atoms with E-state index in [0.29, 0.717) is 15.8 Å². The maximum Gasteiger partial charge on any atom is 0.174 e. The fourth-order valence-corrected chi connectivity index (χ4v) is 1.67. The summed E-state index contributed by atoms with van der Waals surface area (Å²) in [4.78, 5) is 10.9. The molecule has 0 fully saturated rings. The number of ketones is 1. The minimum absolute atomic E-state index is 0.00433. The molecule has 0 aliphatic rings. The van der Waals surface area contributed by atoms with Crippen molar-refractivity contribution in [2.24, 2.45) is 0 Å². The van der Waals surface area contributed by atoms with E-state index in [1.54, 1.807) is 12.1 Å². The molecule has 3 nitrogen and oxygen atoms in total. The number of halogens is 1. The van der Waals surface area contributed by atoms with Crippen LogP contribution in [0.25, 0.3) is 0 Å². The summed E-state index contributed by atoms with van der Waals surface area (Å²) in [5.41, 5.74) is 0.581. The van der Waals surface area contributed by atoms with Crippen molar-refractivity contribution in [1.82, 2.24) is 0 Å². The summed E-state index contributed by atoms with van der Waals surface area (Å²) in [6.45, 7) is 1.48. The number of Topliss-reactive ketones (excluding diaryl/α,β-unsaturated/α-hetero) is 1. The van der Waals surface area contributed by atoms with Crippen LogP contribution in [-0.2, 0) is 11.2 Å². The Morgan fingerprint density at radius 2 is 2.21 bits per heavy atom. The molecule has 0 aliphatic carbocycles. The number of hydrogen-bond donors (Lipinski definition) is 1. The number of methoxy groups -OCH3 is 1. The molecule has 0 saturated heterocycles. The lowest BCUT2D eigenvalue weighted by atomic mass is 10.1. The zero-order valence-electron chi connectivity index (χ0n) is 8.00. The number of ether oxygens (including phenoxy) is 1. The van der Waals surface area contributed by atoms with Crippen molar-refractivity contribution in [3.05, 3.63) is 22.2 Å². The second-order valence-corrected chi connectivity index (χ2v) is 3.82. The van der Waals surface area contributed by atoms with Crippen molar-refractivity contribution in [3.63, 3.8) is 0 Å². The highest BCUT2D eigenvalue weighted by atomic mass is 79.9. The minimum atomic E-state index is 0.00433. The summed E-state index contributed by atoms with van der Waals surface area (Å²) < 4.78 is 5.66. The number of phenols is 1. The molecule has 4 heteroatoms. The molecule has 0 spiro atoms. The van der Waals surface area contributed by atoms with Crippen LogP contribution in [0.15, 0.2) is 16.6 Å². The van der Waals surface area contributed by atoms with E-state index < -0.39 is 0 Å². The lowest BCUT2D eigenvalue weighted by Crippen LogP contribution is -1.98. The van der Waals surface area contributed by atoms with Gasteiger partial charge < -0.3 is 9.84 Å². The standard InChI is InChI=1S/C10H11BrO3/c1-6(12)5-7-3-4-8(11)10(14-2)9(7)13/h3-4,13H,5H2,1-2H3. The first kappa shape index (κ1) is 11.0. The molecule has 76 valence electrons. The molecule has 1 aromatic carbocycles. The summed E-state index contributed by atoms with van der Waals surface area (Å²) in [5.74, 6) is 0.394. The normalized spacial score (nSPS) is 9.93. The maximum absolute atomic E-state index is 10.9. The van der Waals surface area contributed by atoms with Gasteiger partial charge in [-0.1, -0.05) is 6.07 Å². The minimum Gasteiger partial charge on any atom is -0.504 e. The lowest BCUT2D eigenvalue weighted by molar-refractivity contribution is -0.116. The van der Waals surface area contributed by atoms with Crippen LogP contribution in [0.4, 0.5) is 0 Å². The number of benzene rings is 1. The van der Waals surface area contributed by atoms with E-state index in [1.165, 1.54) is 14.0 Å². The maximum atomic E-state index is 10.9. The van der Waals surface area contributed by atoms with Crippen molar-refractivity contribution in [2.45, 2.75) is 13.3 Å². The van der Waals surface area contributed by atoms with Gasteiger partial charge in [-0.25, -0.2) is 0 Å². The third kappa shape index (κ3) is 2.26. The Labute approximate surface area is 90.8 Å². The third-order valence-electron chi connectivity index (χ3n) is 1.81. The molecule has 1 N–H and O–H groups in total. The Morgan fingerprint density at radius 1 is 1.57 bits per heavy atom. The molecule has 0 radical (unpaired) electrons. The van der Waals surface area contributed by atoms with E-state index in [2.05, 4.69) is 15.9 Å². The van der Waals surface area contributed by atoms with E-state index in [0.717, 1.165) is 0 Å². The van der Waals surface area contributed by atoms with E-state index in [1.807, 2.05) is 0 Å². The van der Waals surface area contributed by atoms with Gasteiger partial charge in [0.05, 0.1) is 11.6 Å². The summed E-state index contributed by atoms with van der Waals surface area (Å²) in [6, 6.07) is 3.44. The average Bonchev–Trinajstić information content (AvgIpc) is 2.10. The van der Waals surface area contributed by atoms with Crippen molar-refractivity contribution in [3.8, 4) is 11.5 Å². The number of hydrogen-bond acceptors (Lipinski definition) is 3. The smallest absolute Gasteiger partial charge is 0.174 e. The number of aromatic hydroxyl groups is 1. The van der Waals surface area contributed by atoms with Crippen LogP contribution >= 0.6 is 15.9 Å². The van der Waals surface area contributed by atoms with Gasteiger partial charge in [0.15, 0.2) is 11.5 Å². The Balaban J connectivity index is 3.14. The highest BCUT2D eigenvalue weighted by Gasteiger charge is 2.12. The Bertz CT molecular complexity index is 361. The molecule has 0 unspecified atom stereocenters. The summed E-state index contributed by atoms with van der Waals surface area (Å²) in [6.07, 6.45) is 0.218. The Morgan fingerprint density at radius 3 is 2.71 bits per heavy atom. The average molecular weight is 259 g/mol. The predicted molar refractivity (Wildman–Crippen MR) is 56.7 cm³/mol. The molecule has 0 aromatic heterocycles. The van der Waals surface area contributed by atoms with Gasteiger partial charge in [-0.2, -0.15) is 0 Å². The van der Waals surface area contributed by atoms with Gasteiger partial charge >= 0.3 is 0 Å². The summed E-state index contributed by atoms with van der Waals surface area (Å²) in [5, 5.41) is 9.71. The zero-order valence-corrected chi connectivity index (χ0v) is 9.59. The van der Waals surface area contributed by atoms with E-state index >= 15 is 0 Å². The Kier molecular flexibility index (Phi) is 3.52. The highest BCUT2D eigenvalue weighted by Crippen LogP contribution is 2.37. The molecule has 0 atom stereocenters. The van der Waals surface area contributed by atoms with Crippen LogP contribution in [0, 0.1) is 0 Å². The van der Waals surface area contributed by atoms with Crippen LogP contribution in [-0.4, -0.2) is 18.0 Å². The highest BCUT2D eigenvalue weighted by molar-refractivity contribution is 9.10. The number of phenolic OH excluding ortho intramolecular Hbond substituents is 1. The molecule has 0 bridgehead atoms. The van der Waals surface area contributed by atoms with Crippen LogP contribution in [0.2, 0.25) is 0 Å². The second kappa shape index (κ2) is 4.46. The first-order valence-corrected chi connectivity index (χ1v) is 4.89. The van der Waals surface area contributed by atoms with Crippen molar-refractivity contribution < 1.29 is 14.6 Å². The van der Waals surface area contributed by atoms with Gasteiger partial charge in [-0.15, -0.1) is 0 Å². The van der Waals surface area contributed by atoms with Gasteiger partial charge in [0.25, 0.3) is 0 Å². The van der Waals surface area contributed by atoms with E-state index in [4.69, 9.17) is 4.74 Å². The summed E-state index contributed by atoms with van der Waals surface area (Å²) >= 11 is 3.24. The third-order valence-corrected chi connectivity index (χ3v) is 2.43.